The van der Waals surface area contributed by atoms with Crippen LogP contribution in [0.5, 0.6) is 0 Å². The summed E-state index contributed by atoms with van der Waals surface area (Å²) in [7, 11) is 0. The molecule has 0 fully saturated rings. The van der Waals surface area contributed by atoms with Gasteiger partial charge in [0.2, 0.25) is 5.91 Å². The maximum Gasteiger partial charge on any atom is 0.416 e. The smallest absolute Gasteiger partial charge is 0.325 e. The van der Waals surface area contributed by atoms with Crippen LogP contribution in [-0.2, 0) is 11.0 Å². The molecule has 1 rings (SSSR count). The predicted molar refractivity (Wildman–Crippen MR) is 63.2 cm³/mol. The summed E-state index contributed by atoms with van der Waals surface area (Å²) in [5.74, 6) is -0.382. The van der Waals surface area contributed by atoms with Gasteiger partial charge in [-0.25, -0.2) is 0 Å². The van der Waals surface area contributed by atoms with Crippen molar-refractivity contribution in [2.24, 2.45) is 0 Å². The number of halogens is 4. The fraction of sp³-hybridized carbons (Fsp3) is 0.364. The molecule has 0 saturated heterocycles. The van der Waals surface area contributed by atoms with Crippen molar-refractivity contribution in [1.82, 2.24) is 0 Å². The Morgan fingerprint density at radius 1 is 1.41 bits per heavy atom. The van der Waals surface area contributed by atoms with Crippen LogP contribution in [0.3, 0.4) is 0 Å². The Morgan fingerprint density at radius 3 is 2.47 bits per heavy atom. The Morgan fingerprint density at radius 2 is 2.00 bits per heavy atom. The molecule has 1 N–H and O–H groups in total. The van der Waals surface area contributed by atoms with Gasteiger partial charge < -0.3 is 5.32 Å². The van der Waals surface area contributed by atoms with Gasteiger partial charge in [0, 0.05) is 5.69 Å². The number of alkyl halides is 4. The van der Waals surface area contributed by atoms with E-state index in [1.807, 2.05) is 0 Å². The molecular formula is C11H11BrF3NO. The number of nitrogens with one attached hydrogen (secondary N) is 1. The molecule has 0 aromatic heterocycles. The molecule has 94 valence electrons. The zero-order chi connectivity index (χ0) is 13.2. The molecule has 1 aromatic rings. The first-order valence-electron chi connectivity index (χ1n) is 4.84. The fourth-order valence-electron chi connectivity index (χ4n) is 1.17. The fourth-order valence-corrected chi connectivity index (χ4v) is 1.28. The zero-order valence-electron chi connectivity index (χ0n) is 9.23. The third-order valence-corrected chi connectivity index (χ3v) is 2.60. The molecule has 0 aliphatic rings. The van der Waals surface area contributed by atoms with Crippen LogP contribution < -0.4 is 5.32 Å². The Bertz CT molecular complexity index is 429. The summed E-state index contributed by atoms with van der Waals surface area (Å²) in [5, 5.41) is 2.44. The molecule has 1 amide bonds. The van der Waals surface area contributed by atoms with Gasteiger partial charge in [0.15, 0.2) is 0 Å². The first-order chi connectivity index (χ1) is 7.71. The second-order valence-corrected chi connectivity index (χ2v) is 5.01. The predicted octanol–water partition coefficient (Wildman–Crippen LogP) is 3.74. The second kappa shape index (κ2) is 5.08. The molecule has 1 atom stereocenters. The Labute approximate surface area is 105 Å². The molecule has 0 bridgehead atoms. The summed E-state index contributed by atoms with van der Waals surface area (Å²) in [6.45, 7) is 3.23. The van der Waals surface area contributed by atoms with Gasteiger partial charge in [-0.05, 0) is 31.5 Å². The molecule has 0 spiro atoms. The van der Waals surface area contributed by atoms with Gasteiger partial charge in [0.25, 0.3) is 0 Å². The molecule has 17 heavy (non-hydrogen) atoms. The van der Waals surface area contributed by atoms with E-state index in [4.69, 9.17) is 0 Å². The minimum Gasteiger partial charge on any atom is -0.325 e. The second-order valence-electron chi connectivity index (χ2n) is 3.63. The maximum absolute atomic E-state index is 12.5. The van der Waals surface area contributed by atoms with Crippen LogP contribution in [0.2, 0.25) is 0 Å². The van der Waals surface area contributed by atoms with Crippen LogP contribution in [0.1, 0.15) is 18.1 Å². The highest BCUT2D eigenvalue weighted by Crippen LogP contribution is 2.32. The molecular weight excluding hydrogens is 299 g/mol. The number of hydrogen-bond donors (Lipinski definition) is 1. The van der Waals surface area contributed by atoms with Crippen molar-refractivity contribution in [2.75, 3.05) is 5.32 Å². The molecule has 0 radical (unpaired) electrons. The first kappa shape index (κ1) is 14.0. The Kier molecular flexibility index (Phi) is 4.19. The van der Waals surface area contributed by atoms with Crippen LogP contribution in [-0.4, -0.2) is 10.7 Å². The minimum absolute atomic E-state index is 0.177. The van der Waals surface area contributed by atoms with Gasteiger partial charge in [-0.3, -0.25) is 4.79 Å². The summed E-state index contributed by atoms with van der Waals surface area (Å²) in [4.78, 5) is 10.9. The summed E-state index contributed by atoms with van der Waals surface area (Å²) >= 11 is 3.05. The van der Waals surface area contributed by atoms with Crippen molar-refractivity contribution in [3.05, 3.63) is 29.3 Å². The zero-order valence-corrected chi connectivity index (χ0v) is 10.8. The van der Waals surface area contributed by atoms with Crippen LogP contribution in [0.25, 0.3) is 0 Å². The summed E-state index contributed by atoms with van der Waals surface area (Å²) in [5.41, 5.74) is -0.0174. The van der Waals surface area contributed by atoms with Gasteiger partial charge in [0.05, 0.1) is 10.4 Å². The van der Waals surface area contributed by atoms with Crippen molar-refractivity contribution in [2.45, 2.75) is 24.9 Å². The van der Waals surface area contributed by atoms with E-state index >= 15 is 0 Å². The lowest BCUT2D eigenvalue weighted by Crippen LogP contribution is -2.21. The number of aryl methyl sites for hydroxylation is 1. The summed E-state index contributed by atoms with van der Waals surface area (Å²) in [6.07, 6.45) is -4.41. The number of rotatable bonds is 2. The van der Waals surface area contributed by atoms with Gasteiger partial charge in [0.1, 0.15) is 0 Å². The lowest BCUT2D eigenvalue weighted by Gasteiger charge is -2.13. The molecule has 1 aromatic carbocycles. The molecule has 0 aliphatic heterocycles. The van der Waals surface area contributed by atoms with Crippen molar-refractivity contribution in [1.29, 1.82) is 0 Å². The molecule has 6 heteroatoms. The van der Waals surface area contributed by atoms with E-state index in [-0.39, 0.29) is 11.6 Å². The van der Waals surface area contributed by atoms with E-state index in [0.717, 1.165) is 12.1 Å². The third-order valence-electron chi connectivity index (χ3n) is 2.18. The van der Waals surface area contributed by atoms with Gasteiger partial charge in [-0.1, -0.05) is 22.0 Å². The number of hydrogen-bond acceptors (Lipinski definition) is 1. The monoisotopic (exact) mass is 309 g/mol. The van der Waals surface area contributed by atoms with Crippen LogP contribution in [0.15, 0.2) is 18.2 Å². The lowest BCUT2D eigenvalue weighted by molar-refractivity contribution is -0.137. The van der Waals surface area contributed by atoms with E-state index in [1.54, 1.807) is 13.8 Å². The van der Waals surface area contributed by atoms with E-state index in [0.29, 0.717) is 5.56 Å². The van der Waals surface area contributed by atoms with Gasteiger partial charge in [-0.15, -0.1) is 0 Å². The van der Waals surface area contributed by atoms with E-state index < -0.39 is 16.6 Å². The average molecular weight is 310 g/mol. The largest absolute Gasteiger partial charge is 0.416 e. The van der Waals surface area contributed by atoms with Crippen molar-refractivity contribution in [3.63, 3.8) is 0 Å². The quantitative estimate of drug-likeness (QED) is 0.829. The van der Waals surface area contributed by atoms with Crippen LogP contribution in [0.4, 0.5) is 18.9 Å². The average Bonchev–Trinajstić information content (AvgIpc) is 2.19. The summed E-state index contributed by atoms with van der Waals surface area (Å²) < 4.78 is 37.4. The number of carbonyl (C=O) groups excluding carboxylic acids is 1. The van der Waals surface area contributed by atoms with E-state index in [1.165, 1.54) is 6.07 Å². The highest BCUT2D eigenvalue weighted by Gasteiger charge is 2.31. The number of amides is 1. The number of anilines is 1. The normalized spacial score (nSPS) is 13.3. The summed E-state index contributed by atoms with van der Waals surface area (Å²) in [6, 6.07) is 3.25. The highest BCUT2D eigenvalue weighted by molar-refractivity contribution is 9.10. The lowest BCUT2D eigenvalue weighted by atomic mass is 10.1. The van der Waals surface area contributed by atoms with Crippen molar-refractivity contribution in [3.8, 4) is 0 Å². The van der Waals surface area contributed by atoms with Crippen molar-refractivity contribution < 1.29 is 18.0 Å². The van der Waals surface area contributed by atoms with Crippen LogP contribution in [0, 0.1) is 6.92 Å². The molecule has 0 saturated carbocycles. The van der Waals surface area contributed by atoms with E-state index in [9.17, 15) is 18.0 Å². The Balaban J connectivity index is 3.03. The SMILES string of the molecule is Cc1ccc(C(F)(F)F)cc1NC(=O)C(C)Br. The third kappa shape index (κ3) is 3.73. The number of carbonyl (C=O) groups is 1. The van der Waals surface area contributed by atoms with Crippen molar-refractivity contribution >= 4 is 27.5 Å². The van der Waals surface area contributed by atoms with Gasteiger partial charge in [-0.2, -0.15) is 13.2 Å². The highest BCUT2D eigenvalue weighted by atomic mass is 79.9. The van der Waals surface area contributed by atoms with Crippen LogP contribution >= 0.6 is 15.9 Å². The molecule has 2 nitrogen and oxygen atoms in total. The molecule has 0 heterocycles. The standard InChI is InChI=1S/C11H11BrF3NO/c1-6-3-4-8(11(13,14)15)5-9(6)16-10(17)7(2)12/h3-5,7H,1-2H3,(H,16,17). The molecule has 1 unspecified atom stereocenters. The maximum atomic E-state index is 12.5. The topological polar surface area (TPSA) is 29.1 Å². The first-order valence-corrected chi connectivity index (χ1v) is 5.76. The molecule has 0 aliphatic carbocycles. The number of benzene rings is 1. The van der Waals surface area contributed by atoms with Gasteiger partial charge >= 0.3 is 6.18 Å². The Hall–Kier alpha value is -1.04. The van der Waals surface area contributed by atoms with E-state index in [2.05, 4.69) is 21.2 Å². The minimum atomic E-state index is -4.41.